The average molecular weight is 526 g/mol. The third kappa shape index (κ3) is 6.24. The standard InChI is InChI=1S/C22H12Cl3FN2O4S/c23-15-1-7-18(8-2-15)33(30,31)32-21-19(24)10-13(11-20(21)25)9-14(12-27)22(29)28-17-5-3-16(26)4-6-17/h1-11H,(H,28,29)/b14-9+. The third-order valence-corrected chi connectivity index (χ3v) is 6.14. The van der Waals surface area contributed by atoms with Crippen molar-refractivity contribution < 1.29 is 21.8 Å². The SMILES string of the molecule is N#C/C(=C\c1cc(Cl)c(OS(=O)(=O)c2ccc(Cl)cc2)c(Cl)c1)C(=O)Nc1ccc(F)cc1. The van der Waals surface area contributed by atoms with Gasteiger partial charge in [-0.25, -0.2) is 4.39 Å². The molecule has 1 amide bonds. The Morgan fingerprint density at radius 3 is 2.12 bits per heavy atom. The maximum atomic E-state index is 13.0. The molecule has 0 atom stereocenters. The molecule has 0 bridgehead atoms. The van der Waals surface area contributed by atoms with Crippen LogP contribution in [0.1, 0.15) is 5.56 Å². The van der Waals surface area contributed by atoms with Crippen LogP contribution in [0.4, 0.5) is 10.1 Å². The molecule has 6 nitrogen and oxygen atoms in total. The lowest BCUT2D eigenvalue weighted by atomic mass is 10.1. The number of halogens is 4. The number of amides is 1. The van der Waals surface area contributed by atoms with Gasteiger partial charge in [-0.15, -0.1) is 0 Å². The predicted molar refractivity (Wildman–Crippen MR) is 124 cm³/mol. The number of carbonyl (C=O) groups excluding carboxylic acids is 1. The van der Waals surface area contributed by atoms with E-state index in [9.17, 15) is 22.9 Å². The minimum absolute atomic E-state index is 0.160. The van der Waals surface area contributed by atoms with Crippen molar-refractivity contribution in [2.45, 2.75) is 4.90 Å². The van der Waals surface area contributed by atoms with Crippen molar-refractivity contribution >= 4 is 62.6 Å². The van der Waals surface area contributed by atoms with Gasteiger partial charge >= 0.3 is 10.1 Å². The highest BCUT2D eigenvalue weighted by Crippen LogP contribution is 2.37. The molecule has 0 aliphatic rings. The lowest BCUT2D eigenvalue weighted by Gasteiger charge is -2.11. The van der Waals surface area contributed by atoms with Crippen LogP contribution in [0.15, 0.2) is 71.1 Å². The maximum absolute atomic E-state index is 13.0. The number of nitrogens with zero attached hydrogens (tertiary/aromatic N) is 1. The van der Waals surface area contributed by atoms with E-state index < -0.39 is 21.8 Å². The lowest BCUT2D eigenvalue weighted by Crippen LogP contribution is -2.13. The van der Waals surface area contributed by atoms with Crippen LogP contribution in [-0.4, -0.2) is 14.3 Å². The Labute approximate surface area is 203 Å². The highest BCUT2D eigenvalue weighted by molar-refractivity contribution is 7.87. The molecule has 1 N–H and O–H groups in total. The van der Waals surface area contributed by atoms with Crippen LogP contribution in [0.2, 0.25) is 15.1 Å². The molecule has 0 fully saturated rings. The van der Waals surface area contributed by atoms with Gasteiger partial charge in [0.2, 0.25) is 0 Å². The fraction of sp³-hybridized carbons (Fsp3) is 0. The van der Waals surface area contributed by atoms with Gasteiger partial charge in [-0.05, 0) is 72.3 Å². The number of anilines is 1. The number of hydrogen-bond donors (Lipinski definition) is 1. The number of rotatable bonds is 6. The molecule has 0 saturated heterocycles. The van der Waals surface area contributed by atoms with E-state index in [1.165, 1.54) is 54.6 Å². The summed E-state index contributed by atoms with van der Waals surface area (Å²) >= 11 is 18.1. The lowest BCUT2D eigenvalue weighted by molar-refractivity contribution is -0.112. The molecule has 168 valence electrons. The third-order valence-electron chi connectivity index (χ3n) is 4.09. The Kier molecular flexibility index (Phi) is 7.61. The molecule has 33 heavy (non-hydrogen) atoms. The van der Waals surface area contributed by atoms with Gasteiger partial charge in [0.05, 0.1) is 10.0 Å². The van der Waals surface area contributed by atoms with E-state index in [1.807, 2.05) is 0 Å². The van der Waals surface area contributed by atoms with Crippen LogP contribution >= 0.6 is 34.8 Å². The van der Waals surface area contributed by atoms with Gasteiger partial charge in [0.1, 0.15) is 22.4 Å². The van der Waals surface area contributed by atoms with Crippen molar-refractivity contribution in [1.82, 2.24) is 0 Å². The summed E-state index contributed by atoms with van der Waals surface area (Å²) in [6.45, 7) is 0. The molecule has 3 rings (SSSR count). The first-order valence-corrected chi connectivity index (χ1v) is 11.5. The Bertz CT molecular complexity index is 1360. The minimum Gasteiger partial charge on any atom is -0.376 e. The monoisotopic (exact) mass is 524 g/mol. The van der Waals surface area contributed by atoms with E-state index in [2.05, 4.69) is 5.32 Å². The molecule has 3 aromatic rings. The van der Waals surface area contributed by atoms with Gasteiger partial charge in [0.25, 0.3) is 5.91 Å². The summed E-state index contributed by atoms with van der Waals surface area (Å²) < 4.78 is 43.1. The normalized spacial score (nSPS) is 11.5. The predicted octanol–water partition coefficient (Wildman–Crippen LogP) is 6.10. The summed E-state index contributed by atoms with van der Waals surface area (Å²) in [4.78, 5) is 12.2. The molecule has 0 aromatic heterocycles. The van der Waals surface area contributed by atoms with Crippen LogP contribution in [0.25, 0.3) is 6.08 Å². The van der Waals surface area contributed by atoms with E-state index >= 15 is 0 Å². The highest BCUT2D eigenvalue weighted by Gasteiger charge is 2.21. The largest absolute Gasteiger partial charge is 0.376 e. The van der Waals surface area contributed by atoms with E-state index in [1.54, 1.807) is 6.07 Å². The fourth-order valence-corrected chi connectivity index (χ4v) is 4.31. The second kappa shape index (κ2) is 10.2. The van der Waals surface area contributed by atoms with Crippen LogP contribution in [-0.2, 0) is 14.9 Å². The highest BCUT2D eigenvalue weighted by atomic mass is 35.5. The molecule has 0 unspecified atom stereocenters. The van der Waals surface area contributed by atoms with E-state index in [-0.39, 0.29) is 37.5 Å². The van der Waals surface area contributed by atoms with E-state index in [0.29, 0.717) is 5.02 Å². The van der Waals surface area contributed by atoms with Crippen molar-refractivity contribution in [2.24, 2.45) is 0 Å². The number of carbonyl (C=O) groups is 1. The summed E-state index contributed by atoms with van der Waals surface area (Å²) in [5, 5.41) is 11.8. The molecule has 0 radical (unpaired) electrons. The number of benzene rings is 3. The first-order chi connectivity index (χ1) is 15.6. The summed E-state index contributed by atoms with van der Waals surface area (Å²) in [5.41, 5.74) is 0.232. The molecule has 11 heteroatoms. The molecule has 0 spiro atoms. The van der Waals surface area contributed by atoms with Gasteiger partial charge in [0, 0.05) is 10.7 Å². The van der Waals surface area contributed by atoms with Crippen molar-refractivity contribution in [2.75, 3.05) is 5.32 Å². The zero-order chi connectivity index (χ0) is 24.2. The summed E-state index contributed by atoms with van der Waals surface area (Å²) in [5.74, 6) is -1.55. The van der Waals surface area contributed by atoms with Crippen molar-refractivity contribution in [3.8, 4) is 11.8 Å². The second-order valence-electron chi connectivity index (χ2n) is 6.44. The molecule has 0 aliphatic carbocycles. The molecule has 0 heterocycles. The zero-order valence-electron chi connectivity index (χ0n) is 16.4. The first-order valence-electron chi connectivity index (χ1n) is 8.97. The Morgan fingerprint density at radius 1 is 1.00 bits per heavy atom. The van der Waals surface area contributed by atoms with Crippen molar-refractivity contribution in [3.05, 3.63) is 92.7 Å². The number of nitriles is 1. The fourth-order valence-electron chi connectivity index (χ4n) is 2.55. The number of hydrogen-bond acceptors (Lipinski definition) is 5. The Hall–Kier alpha value is -3.09. The van der Waals surface area contributed by atoms with Crippen molar-refractivity contribution in [3.63, 3.8) is 0 Å². The molecule has 0 aliphatic heterocycles. The smallest absolute Gasteiger partial charge is 0.339 e. The van der Waals surface area contributed by atoms with Gasteiger partial charge in [-0.2, -0.15) is 13.7 Å². The van der Waals surface area contributed by atoms with Crippen LogP contribution < -0.4 is 9.50 Å². The van der Waals surface area contributed by atoms with Gasteiger partial charge < -0.3 is 9.50 Å². The summed E-state index contributed by atoms with van der Waals surface area (Å²) in [6, 6.07) is 14.6. The second-order valence-corrected chi connectivity index (χ2v) is 9.23. The van der Waals surface area contributed by atoms with Crippen LogP contribution in [0, 0.1) is 17.1 Å². The maximum Gasteiger partial charge on any atom is 0.339 e. The molecule has 0 saturated carbocycles. The van der Waals surface area contributed by atoms with Gasteiger partial charge in [-0.1, -0.05) is 34.8 Å². The topological polar surface area (TPSA) is 96.3 Å². The van der Waals surface area contributed by atoms with Crippen LogP contribution in [0.3, 0.4) is 0 Å². The zero-order valence-corrected chi connectivity index (χ0v) is 19.4. The molecule has 3 aromatic carbocycles. The number of nitrogens with one attached hydrogen (secondary N) is 1. The van der Waals surface area contributed by atoms with Gasteiger partial charge in [0.15, 0.2) is 5.75 Å². The first kappa shape index (κ1) is 24.6. The Balaban J connectivity index is 1.85. The summed E-state index contributed by atoms with van der Waals surface area (Å²) in [6.07, 6.45) is 1.20. The van der Waals surface area contributed by atoms with Gasteiger partial charge in [-0.3, -0.25) is 4.79 Å². The van der Waals surface area contributed by atoms with Crippen LogP contribution in [0.5, 0.6) is 5.75 Å². The minimum atomic E-state index is -4.25. The molecular formula is C22H12Cl3FN2O4S. The van der Waals surface area contributed by atoms with E-state index in [0.717, 1.165) is 12.1 Å². The Morgan fingerprint density at radius 2 is 1.58 bits per heavy atom. The van der Waals surface area contributed by atoms with E-state index in [4.69, 9.17) is 39.0 Å². The average Bonchev–Trinajstić information content (AvgIpc) is 2.76. The summed E-state index contributed by atoms with van der Waals surface area (Å²) in [7, 11) is -4.25. The quantitative estimate of drug-likeness (QED) is 0.238. The molecular weight excluding hydrogens is 514 g/mol. The van der Waals surface area contributed by atoms with Crippen molar-refractivity contribution in [1.29, 1.82) is 5.26 Å².